The Balaban J connectivity index is 1.81. The number of halogens is 3. The Morgan fingerprint density at radius 2 is 1.91 bits per heavy atom. The van der Waals surface area contributed by atoms with Gasteiger partial charge in [0.2, 0.25) is 11.7 Å². The number of nitrogens with zero attached hydrogens (tertiary/aromatic N) is 4. The lowest BCUT2D eigenvalue weighted by molar-refractivity contribution is -0.137. The van der Waals surface area contributed by atoms with E-state index in [-0.39, 0.29) is 18.1 Å². The molecular weight excluding hydrogens is 309 g/mol. The van der Waals surface area contributed by atoms with Crippen LogP contribution in [0.5, 0.6) is 0 Å². The molecule has 0 unspecified atom stereocenters. The Labute approximate surface area is 129 Å². The SMILES string of the molecule is Cc1ccc(-c2noc(Cc3cccc(C(F)(F)F)c3)n2)nn1. The summed E-state index contributed by atoms with van der Waals surface area (Å²) in [4.78, 5) is 4.14. The molecular formula is C15H11F3N4O. The van der Waals surface area contributed by atoms with Gasteiger partial charge in [0.05, 0.1) is 17.7 Å². The molecule has 0 N–H and O–H groups in total. The van der Waals surface area contributed by atoms with Crippen LogP contribution in [0.25, 0.3) is 11.5 Å². The zero-order chi connectivity index (χ0) is 16.4. The van der Waals surface area contributed by atoms with E-state index in [9.17, 15) is 13.2 Å². The van der Waals surface area contributed by atoms with E-state index in [1.54, 1.807) is 25.1 Å². The highest BCUT2D eigenvalue weighted by molar-refractivity contribution is 5.46. The summed E-state index contributed by atoms with van der Waals surface area (Å²) in [5.41, 5.74) is 0.917. The third-order valence-electron chi connectivity index (χ3n) is 3.10. The minimum absolute atomic E-state index is 0.107. The van der Waals surface area contributed by atoms with E-state index in [2.05, 4.69) is 20.3 Å². The first-order valence-corrected chi connectivity index (χ1v) is 6.71. The lowest BCUT2D eigenvalue weighted by Crippen LogP contribution is -2.05. The standard InChI is InChI=1S/C15H11F3N4O/c1-9-5-6-12(21-20-9)14-19-13(23-22-14)8-10-3-2-4-11(7-10)15(16,17)18/h2-7H,8H2,1H3. The maximum atomic E-state index is 12.7. The molecule has 0 spiro atoms. The zero-order valence-electron chi connectivity index (χ0n) is 12.0. The molecule has 5 nitrogen and oxygen atoms in total. The first kappa shape index (κ1) is 15.1. The first-order chi connectivity index (χ1) is 10.9. The lowest BCUT2D eigenvalue weighted by Gasteiger charge is -2.07. The normalized spacial score (nSPS) is 11.7. The van der Waals surface area contributed by atoms with Gasteiger partial charge in [-0.1, -0.05) is 23.4 Å². The second kappa shape index (κ2) is 5.79. The van der Waals surface area contributed by atoms with Crippen LogP contribution < -0.4 is 0 Å². The molecule has 8 heteroatoms. The summed E-state index contributed by atoms with van der Waals surface area (Å²) in [7, 11) is 0. The number of rotatable bonds is 3. The summed E-state index contributed by atoms with van der Waals surface area (Å²) in [6, 6.07) is 8.46. The van der Waals surface area contributed by atoms with Gasteiger partial charge in [-0.15, -0.1) is 5.10 Å². The summed E-state index contributed by atoms with van der Waals surface area (Å²) in [5, 5.41) is 11.6. The van der Waals surface area contributed by atoms with Crippen LogP contribution in [0.3, 0.4) is 0 Å². The van der Waals surface area contributed by atoms with Gasteiger partial charge in [0, 0.05) is 0 Å². The van der Waals surface area contributed by atoms with Crippen LogP contribution in [-0.4, -0.2) is 20.3 Å². The zero-order valence-corrected chi connectivity index (χ0v) is 12.0. The summed E-state index contributed by atoms with van der Waals surface area (Å²) in [5.74, 6) is 0.459. The van der Waals surface area contributed by atoms with Crippen molar-refractivity contribution < 1.29 is 17.7 Å². The fourth-order valence-corrected chi connectivity index (χ4v) is 1.98. The summed E-state index contributed by atoms with van der Waals surface area (Å²) < 4.78 is 43.2. The predicted octanol–water partition coefficient (Wildman–Crippen LogP) is 3.44. The van der Waals surface area contributed by atoms with Crippen LogP contribution in [0.15, 0.2) is 40.9 Å². The fraction of sp³-hybridized carbons (Fsp3) is 0.200. The van der Waals surface area contributed by atoms with E-state index in [0.29, 0.717) is 11.3 Å². The van der Waals surface area contributed by atoms with E-state index >= 15 is 0 Å². The minimum atomic E-state index is -4.38. The van der Waals surface area contributed by atoms with Gasteiger partial charge in [-0.3, -0.25) is 0 Å². The average molecular weight is 320 g/mol. The van der Waals surface area contributed by atoms with E-state index < -0.39 is 11.7 Å². The Kier molecular flexibility index (Phi) is 3.81. The molecule has 0 aliphatic rings. The summed E-state index contributed by atoms with van der Waals surface area (Å²) >= 11 is 0. The molecule has 0 amide bonds. The maximum absolute atomic E-state index is 12.7. The van der Waals surface area contributed by atoms with E-state index in [1.807, 2.05) is 0 Å². The van der Waals surface area contributed by atoms with Crippen LogP contribution in [0.4, 0.5) is 13.2 Å². The van der Waals surface area contributed by atoms with Gasteiger partial charge in [0.1, 0.15) is 5.69 Å². The van der Waals surface area contributed by atoms with Crippen LogP contribution >= 0.6 is 0 Å². The van der Waals surface area contributed by atoms with Crippen LogP contribution in [0.2, 0.25) is 0 Å². The quantitative estimate of drug-likeness (QED) is 0.739. The van der Waals surface area contributed by atoms with Crippen molar-refractivity contribution in [3.05, 3.63) is 59.1 Å². The minimum Gasteiger partial charge on any atom is -0.339 e. The molecule has 2 heterocycles. The predicted molar refractivity (Wildman–Crippen MR) is 74.3 cm³/mol. The van der Waals surface area contributed by atoms with Gasteiger partial charge in [-0.2, -0.15) is 23.3 Å². The Bertz CT molecular complexity index is 812. The van der Waals surface area contributed by atoms with Crippen LogP contribution in [0, 0.1) is 6.92 Å². The molecule has 0 radical (unpaired) electrons. The van der Waals surface area contributed by atoms with Gasteiger partial charge in [-0.25, -0.2) is 0 Å². The van der Waals surface area contributed by atoms with Crippen LogP contribution in [-0.2, 0) is 12.6 Å². The topological polar surface area (TPSA) is 64.7 Å². The number of aryl methyl sites for hydroxylation is 1. The molecule has 118 valence electrons. The Morgan fingerprint density at radius 3 is 2.61 bits per heavy atom. The van der Waals surface area contributed by atoms with Gasteiger partial charge in [0.15, 0.2) is 0 Å². The van der Waals surface area contributed by atoms with Crippen molar-refractivity contribution in [1.29, 1.82) is 0 Å². The molecule has 3 rings (SSSR count). The molecule has 0 aliphatic heterocycles. The second-order valence-electron chi connectivity index (χ2n) is 4.95. The average Bonchev–Trinajstić information content (AvgIpc) is 2.96. The van der Waals surface area contributed by atoms with Gasteiger partial charge < -0.3 is 4.52 Å². The molecule has 0 atom stereocenters. The molecule has 0 saturated carbocycles. The third-order valence-corrected chi connectivity index (χ3v) is 3.10. The molecule has 0 aliphatic carbocycles. The maximum Gasteiger partial charge on any atom is 0.416 e. The highest BCUT2D eigenvalue weighted by Gasteiger charge is 2.30. The van der Waals surface area contributed by atoms with Crippen molar-refractivity contribution in [3.8, 4) is 11.5 Å². The fourth-order valence-electron chi connectivity index (χ4n) is 1.98. The summed E-state index contributed by atoms with van der Waals surface area (Å²) in [6.45, 7) is 1.80. The van der Waals surface area contributed by atoms with E-state index in [4.69, 9.17) is 4.52 Å². The highest BCUT2D eigenvalue weighted by Crippen LogP contribution is 2.30. The van der Waals surface area contributed by atoms with Gasteiger partial charge >= 0.3 is 6.18 Å². The van der Waals surface area contributed by atoms with E-state index in [1.165, 1.54) is 6.07 Å². The largest absolute Gasteiger partial charge is 0.416 e. The van der Waals surface area contributed by atoms with Crippen molar-refractivity contribution in [2.24, 2.45) is 0 Å². The van der Waals surface area contributed by atoms with Crippen molar-refractivity contribution in [1.82, 2.24) is 20.3 Å². The second-order valence-corrected chi connectivity index (χ2v) is 4.95. The number of hydrogen-bond donors (Lipinski definition) is 0. The van der Waals surface area contributed by atoms with Crippen molar-refractivity contribution in [3.63, 3.8) is 0 Å². The smallest absolute Gasteiger partial charge is 0.339 e. The number of hydrogen-bond acceptors (Lipinski definition) is 5. The molecule has 23 heavy (non-hydrogen) atoms. The Morgan fingerprint density at radius 1 is 1.09 bits per heavy atom. The van der Waals surface area contributed by atoms with Gasteiger partial charge in [0.25, 0.3) is 0 Å². The van der Waals surface area contributed by atoms with Crippen LogP contribution in [0.1, 0.15) is 22.7 Å². The number of alkyl halides is 3. The van der Waals surface area contributed by atoms with Gasteiger partial charge in [-0.05, 0) is 30.7 Å². The lowest BCUT2D eigenvalue weighted by atomic mass is 10.1. The Hall–Kier alpha value is -2.77. The molecule has 3 aromatic rings. The third kappa shape index (κ3) is 3.53. The van der Waals surface area contributed by atoms with Crippen molar-refractivity contribution in [2.45, 2.75) is 19.5 Å². The molecule has 0 bridgehead atoms. The first-order valence-electron chi connectivity index (χ1n) is 6.71. The molecule has 1 aromatic carbocycles. The molecule has 0 fully saturated rings. The van der Waals surface area contributed by atoms with Crippen molar-refractivity contribution in [2.75, 3.05) is 0 Å². The summed E-state index contributed by atoms with van der Waals surface area (Å²) in [6.07, 6.45) is -4.27. The molecule has 2 aromatic heterocycles. The van der Waals surface area contributed by atoms with E-state index in [0.717, 1.165) is 17.8 Å². The van der Waals surface area contributed by atoms with Crippen molar-refractivity contribution >= 4 is 0 Å². The molecule has 0 saturated heterocycles. The monoisotopic (exact) mass is 320 g/mol. The number of benzene rings is 1. The highest BCUT2D eigenvalue weighted by atomic mass is 19.4. The number of aromatic nitrogens is 4.